The zero-order chi connectivity index (χ0) is 13.3. The summed E-state index contributed by atoms with van der Waals surface area (Å²) in [4.78, 5) is 0. The third-order valence-corrected chi connectivity index (χ3v) is 6.42. The molecule has 7 heteroatoms. The number of H-pyrrole nitrogens is 1. The number of sulfonamides is 1. The van der Waals surface area contributed by atoms with Crippen molar-refractivity contribution in [3.05, 3.63) is 18.0 Å². The highest BCUT2D eigenvalue weighted by Crippen LogP contribution is 2.33. The number of morpholine rings is 1. The van der Waals surface area contributed by atoms with E-state index in [0.717, 1.165) is 31.4 Å². The highest BCUT2D eigenvalue weighted by Gasteiger charge is 2.40. The van der Waals surface area contributed by atoms with E-state index in [0.29, 0.717) is 19.8 Å². The predicted molar refractivity (Wildman–Crippen MR) is 70.0 cm³/mol. The number of hydrogen-bond donors (Lipinski definition) is 1. The van der Waals surface area contributed by atoms with Crippen LogP contribution in [-0.4, -0.2) is 47.9 Å². The van der Waals surface area contributed by atoms with Crippen LogP contribution in [0.2, 0.25) is 0 Å². The van der Waals surface area contributed by atoms with E-state index in [1.165, 1.54) is 0 Å². The molecule has 1 aromatic heterocycles. The highest BCUT2D eigenvalue weighted by atomic mass is 32.2. The first-order valence-electron chi connectivity index (χ1n) is 6.77. The second-order valence-electron chi connectivity index (χ2n) is 5.16. The van der Waals surface area contributed by atoms with Gasteiger partial charge in [0.2, 0.25) is 10.0 Å². The largest absolute Gasteiger partial charge is 0.378 e. The average Bonchev–Trinajstić information content (AvgIpc) is 3.12. The Kier molecular flexibility index (Phi) is 3.60. The fourth-order valence-corrected chi connectivity index (χ4v) is 5.14. The molecule has 19 heavy (non-hydrogen) atoms. The van der Waals surface area contributed by atoms with Gasteiger partial charge in [-0.15, -0.1) is 0 Å². The van der Waals surface area contributed by atoms with Crippen molar-refractivity contribution < 1.29 is 13.2 Å². The fraction of sp³-hybridized carbons (Fsp3) is 0.750. The molecule has 1 aliphatic heterocycles. The lowest BCUT2D eigenvalue weighted by molar-refractivity contribution is 0.0301. The van der Waals surface area contributed by atoms with Crippen LogP contribution >= 0.6 is 0 Å². The van der Waals surface area contributed by atoms with Crippen LogP contribution in [0.1, 0.15) is 37.4 Å². The molecule has 1 aliphatic carbocycles. The topological polar surface area (TPSA) is 75.3 Å². The Hall–Kier alpha value is -0.920. The van der Waals surface area contributed by atoms with Gasteiger partial charge in [0.1, 0.15) is 0 Å². The Labute approximate surface area is 113 Å². The van der Waals surface area contributed by atoms with Crippen LogP contribution in [0.4, 0.5) is 0 Å². The minimum atomic E-state index is -3.23. The highest BCUT2D eigenvalue weighted by molar-refractivity contribution is 7.89. The molecule has 0 aromatic carbocycles. The Bertz CT molecular complexity index is 508. The van der Waals surface area contributed by atoms with Crippen molar-refractivity contribution in [2.45, 2.75) is 37.0 Å². The summed E-state index contributed by atoms with van der Waals surface area (Å²) in [6.45, 7) is 1.30. The molecule has 1 saturated carbocycles. The number of aromatic amines is 1. The smallest absolute Gasteiger partial charge is 0.217 e. The van der Waals surface area contributed by atoms with Gasteiger partial charge in [0.05, 0.1) is 30.2 Å². The quantitative estimate of drug-likeness (QED) is 0.901. The van der Waals surface area contributed by atoms with Gasteiger partial charge in [-0.2, -0.15) is 9.40 Å². The minimum absolute atomic E-state index is 0.212. The molecular weight excluding hydrogens is 266 g/mol. The van der Waals surface area contributed by atoms with Crippen LogP contribution in [-0.2, 0) is 14.8 Å². The minimum Gasteiger partial charge on any atom is -0.378 e. The average molecular weight is 285 g/mol. The second-order valence-corrected chi connectivity index (χ2v) is 7.33. The van der Waals surface area contributed by atoms with Gasteiger partial charge in [-0.25, -0.2) is 8.42 Å². The van der Waals surface area contributed by atoms with E-state index in [1.807, 2.05) is 6.07 Å². The molecule has 2 heterocycles. The number of hydrogen-bond acceptors (Lipinski definition) is 4. The standard InChI is InChI=1S/C12H19N3O3S/c16-19(17,10-3-1-2-4-10)15-7-8-18-9-12(15)11-5-6-13-14-11/h5-6,10,12H,1-4,7-9H2,(H,13,14)/t12-/m1/s1. The molecule has 3 rings (SSSR count). The first-order valence-corrected chi connectivity index (χ1v) is 8.27. The number of aromatic nitrogens is 2. The van der Waals surface area contributed by atoms with Crippen LogP contribution in [0.15, 0.2) is 12.3 Å². The lowest BCUT2D eigenvalue weighted by Gasteiger charge is -2.35. The fourth-order valence-electron chi connectivity index (χ4n) is 2.97. The summed E-state index contributed by atoms with van der Waals surface area (Å²) in [6, 6.07) is 1.55. The van der Waals surface area contributed by atoms with Gasteiger partial charge in [0, 0.05) is 12.7 Å². The van der Waals surface area contributed by atoms with Crippen molar-refractivity contribution in [3.8, 4) is 0 Å². The molecule has 0 spiro atoms. The maximum absolute atomic E-state index is 12.7. The molecule has 0 bridgehead atoms. The van der Waals surface area contributed by atoms with Gasteiger partial charge in [-0.1, -0.05) is 12.8 Å². The lowest BCUT2D eigenvalue weighted by Crippen LogP contribution is -2.46. The summed E-state index contributed by atoms with van der Waals surface area (Å²) in [5, 5.41) is 6.56. The summed E-state index contributed by atoms with van der Waals surface area (Å²) in [6.07, 6.45) is 5.25. The molecule has 0 amide bonds. The summed E-state index contributed by atoms with van der Waals surface area (Å²) in [7, 11) is -3.23. The van der Waals surface area contributed by atoms with Crippen LogP contribution in [0, 0.1) is 0 Å². The van der Waals surface area contributed by atoms with Gasteiger partial charge in [0.15, 0.2) is 0 Å². The van der Waals surface area contributed by atoms with E-state index in [2.05, 4.69) is 10.2 Å². The SMILES string of the molecule is O=S(=O)(C1CCCC1)N1CCOC[C@@H]1c1ccn[nH]1. The van der Waals surface area contributed by atoms with Crippen molar-refractivity contribution in [3.63, 3.8) is 0 Å². The molecule has 1 atom stereocenters. The first-order chi connectivity index (χ1) is 9.19. The Morgan fingerprint density at radius 1 is 1.37 bits per heavy atom. The zero-order valence-corrected chi connectivity index (χ0v) is 11.6. The van der Waals surface area contributed by atoms with Crippen LogP contribution in [0.5, 0.6) is 0 Å². The molecule has 106 valence electrons. The summed E-state index contributed by atoms with van der Waals surface area (Å²) >= 11 is 0. The van der Waals surface area contributed by atoms with Gasteiger partial charge < -0.3 is 4.74 Å². The lowest BCUT2D eigenvalue weighted by atomic mass is 10.2. The van der Waals surface area contributed by atoms with E-state index >= 15 is 0 Å². The monoisotopic (exact) mass is 285 g/mol. The molecule has 0 radical (unpaired) electrons. The van der Waals surface area contributed by atoms with Gasteiger partial charge >= 0.3 is 0 Å². The van der Waals surface area contributed by atoms with Gasteiger partial charge in [-0.05, 0) is 18.9 Å². The Morgan fingerprint density at radius 2 is 2.16 bits per heavy atom. The number of nitrogens with one attached hydrogen (secondary N) is 1. The molecule has 1 N–H and O–H groups in total. The third kappa shape index (κ3) is 2.42. The van der Waals surface area contributed by atoms with E-state index in [9.17, 15) is 8.42 Å². The summed E-state index contributed by atoms with van der Waals surface area (Å²) < 4.78 is 32.5. The second kappa shape index (κ2) is 5.22. The van der Waals surface area contributed by atoms with Crippen LogP contribution < -0.4 is 0 Å². The van der Waals surface area contributed by atoms with E-state index < -0.39 is 10.0 Å². The number of nitrogens with zero attached hydrogens (tertiary/aromatic N) is 2. The molecule has 2 fully saturated rings. The van der Waals surface area contributed by atoms with E-state index in [4.69, 9.17) is 4.74 Å². The zero-order valence-electron chi connectivity index (χ0n) is 10.8. The molecule has 1 saturated heterocycles. The van der Waals surface area contributed by atoms with Crippen molar-refractivity contribution in [2.24, 2.45) is 0 Å². The predicted octanol–water partition coefficient (Wildman–Crippen LogP) is 1.06. The first kappa shape index (κ1) is 13.1. The number of rotatable bonds is 3. The third-order valence-electron chi connectivity index (χ3n) is 4.01. The Morgan fingerprint density at radius 3 is 2.84 bits per heavy atom. The normalized spacial score (nSPS) is 26.8. The van der Waals surface area contributed by atoms with Crippen LogP contribution in [0.3, 0.4) is 0 Å². The summed E-state index contributed by atoms with van der Waals surface area (Å²) in [5.41, 5.74) is 0.807. The number of ether oxygens (including phenoxy) is 1. The maximum Gasteiger partial charge on any atom is 0.217 e. The van der Waals surface area contributed by atoms with Crippen molar-refractivity contribution in [1.82, 2.24) is 14.5 Å². The molecule has 2 aliphatic rings. The van der Waals surface area contributed by atoms with Crippen molar-refractivity contribution in [1.29, 1.82) is 0 Å². The molecule has 1 aromatic rings. The van der Waals surface area contributed by atoms with Gasteiger partial charge in [0.25, 0.3) is 0 Å². The Balaban J connectivity index is 1.87. The van der Waals surface area contributed by atoms with E-state index in [1.54, 1.807) is 10.5 Å². The molecular formula is C12H19N3O3S. The molecule has 0 unspecified atom stereocenters. The summed E-state index contributed by atoms with van der Waals surface area (Å²) in [5.74, 6) is 0. The van der Waals surface area contributed by atoms with Gasteiger partial charge in [-0.3, -0.25) is 5.10 Å². The molecule has 6 nitrogen and oxygen atoms in total. The van der Waals surface area contributed by atoms with E-state index in [-0.39, 0.29) is 11.3 Å². The van der Waals surface area contributed by atoms with Crippen molar-refractivity contribution in [2.75, 3.05) is 19.8 Å². The van der Waals surface area contributed by atoms with Crippen LogP contribution in [0.25, 0.3) is 0 Å². The van der Waals surface area contributed by atoms with Crippen molar-refractivity contribution >= 4 is 10.0 Å². The maximum atomic E-state index is 12.7.